The van der Waals surface area contributed by atoms with Gasteiger partial charge in [-0.15, -0.1) is 0 Å². The van der Waals surface area contributed by atoms with Gasteiger partial charge in [0.1, 0.15) is 6.10 Å². The lowest BCUT2D eigenvalue weighted by Gasteiger charge is -2.20. The Hall–Kier alpha value is -1.16. The number of aliphatic hydroxyl groups is 2. The van der Waals surface area contributed by atoms with Crippen molar-refractivity contribution in [3.05, 3.63) is 46.5 Å². The van der Waals surface area contributed by atoms with Gasteiger partial charge < -0.3 is 15.9 Å². The second kappa shape index (κ2) is 8.98. The molecule has 1 rings (SSSR count). The van der Waals surface area contributed by atoms with Crippen LogP contribution in [0.15, 0.2) is 29.8 Å². The zero-order valence-electron chi connectivity index (χ0n) is 13.5. The molecule has 118 valence electrons. The van der Waals surface area contributed by atoms with E-state index in [4.69, 9.17) is 5.73 Å². The number of hydrogen-bond donors (Lipinski definition) is 3. The van der Waals surface area contributed by atoms with Crippen molar-refractivity contribution in [1.29, 1.82) is 0 Å². The normalized spacial score (nSPS) is 15.0. The molecule has 0 amide bonds. The third kappa shape index (κ3) is 5.62. The summed E-state index contributed by atoms with van der Waals surface area (Å²) in [5, 5.41) is 20.6. The second-order valence-corrected chi connectivity index (χ2v) is 5.78. The lowest BCUT2D eigenvalue weighted by molar-refractivity contribution is 0.0200. The summed E-state index contributed by atoms with van der Waals surface area (Å²) in [6.07, 6.45) is 3.79. The van der Waals surface area contributed by atoms with Crippen LogP contribution in [0, 0.1) is 6.92 Å². The maximum atomic E-state index is 10.4. The molecular formula is C18H29NO2. The van der Waals surface area contributed by atoms with E-state index in [2.05, 4.69) is 13.8 Å². The topological polar surface area (TPSA) is 66.5 Å². The summed E-state index contributed by atoms with van der Waals surface area (Å²) >= 11 is 0. The number of aliphatic hydroxyl groups excluding tert-OH is 2. The Balaban J connectivity index is 2.79. The summed E-state index contributed by atoms with van der Waals surface area (Å²) in [5.74, 6) is 0. The Morgan fingerprint density at radius 1 is 1.33 bits per heavy atom. The Bertz CT molecular complexity index is 468. The minimum Gasteiger partial charge on any atom is -0.390 e. The van der Waals surface area contributed by atoms with E-state index in [0.717, 1.165) is 36.0 Å². The molecule has 1 aromatic rings. The summed E-state index contributed by atoms with van der Waals surface area (Å²) < 4.78 is 0. The van der Waals surface area contributed by atoms with Crippen molar-refractivity contribution in [2.45, 2.75) is 58.7 Å². The van der Waals surface area contributed by atoms with Gasteiger partial charge in [0.05, 0.1) is 6.10 Å². The van der Waals surface area contributed by atoms with Crippen LogP contribution in [0.2, 0.25) is 0 Å². The molecule has 0 saturated carbocycles. The Morgan fingerprint density at radius 2 is 2.05 bits per heavy atom. The summed E-state index contributed by atoms with van der Waals surface area (Å²) in [5.41, 5.74) is 9.73. The Kier molecular flexibility index (Phi) is 7.65. The summed E-state index contributed by atoms with van der Waals surface area (Å²) in [7, 11) is 0. The van der Waals surface area contributed by atoms with Crippen LogP contribution in [0.1, 0.15) is 55.9 Å². The van der Waals surface area contributed by atoms with E-state index in [0.29, 0.717) is 13.0 Å². The van der Waals surface area contributed by atoms with Gasteiger partial charge in [0.15, 0.2) is 0 Å². The number of allylic oxidation sites excluding steroid dienone is 1. The average molecular weight is 291 g/mol. The second-order valence-electron chi connectivity index (χ2n) is 5.78. The van der Waals surface area contributed by atoms with E-state index in [1.165, 1.54) is 5.57 Å². The van der Waals surface area contributed by atoms with Crippen molar-refractivity contribution >= 4 is 0 Å². The fourth-order valence-corrected chi connectivity index (χ4v) is 2.49. The van der Waals surface area contributed by atoms with Crippen LogP contribution in [-0.2, 0) is 6.42 Å². The molecule has 0 saturated heterocycles. The van der Waals surface area contributed by atoms with Crippen LogP contribution >= 0.6 is 0 Å². The fraction of sp³-hybridized carbons (Fsp3) is 0.556. The monoisotopic (exact) mass is 291 g/mol. The van der Waals surface area contributed by atoms with Crippen LogP contribution in [0.3, 0.4) is 0 Å². The van der Waals surface area contributed by atoms with Crippen LogP contribution in [-0.4, -0.2) is 22.9 Å². The smallest absolute Gasteiger partial charge is 0.105 e. The zero-order chi connectivity index (χ0) is 15.8. The van der Waals surface area contributed by atoms with E-state index in [9.17, 15) is 10.2 Å². The van der Waals surface area contributed by atoms with Gasteiger partial charge in [0.25, 0.3) is 0 Å². The van der Waals surface area contributed by atoms with Crippen molar-refractivity contribution in [2.24, 2.45) is 5.73 Å². The molecule has 0 aliphatic carbocycles. The van der Waals surface area contributed by atoms with Gasteiger partial charge in [-0.3, -0.25) is 0 Å². The highest BCUT2D eigenvalue weighted by Gasteiger charge is 2.19. The van der Waals surface area contributed by atoms with E-state index in [-0.39, 0.29) is 0 Å². The van der Waals surface area contributed by atoms with Crippen molar-refractivity contribution in [2.75, 3.05) is 6.54 Å². The molecule has 0 aliphatic rings. The maximum Gasteiger partial charge on any atom is 0.105 e. The standard InChI is InChI=1S/C18H29NO2/c1-4-5-13(2)6-9-17(20)18(21)16-12-15(10-11-19)8-7-14(16)3/h6-8,12,17-18,20-21H,4-5,9-11,19H2,1-3H3. The summed E-state index contributed by atoms with van der Waals surface area (Å²) in [4.78, 5) is 0. The molecule has 3 nitrogen and oxygen atoms in total. The number of hydrogen-bond acceptors (Lipinski definition) is 3. The minimum atomic E-state index is -0.853. The highest BCUT2D eigenvalue weighted by molar-refractivity contribution is 5.33. The van der Waals surface area contributed by atoms with Gasteiger partial charge in [0, 0.05) is 0 Å². The molecule has 2 unspecified atom stereocenters. The molecular weight excluding hydrogens is 262 g/mol. The van der Waals surface area contributed by atoms with E-state index in [1.807, 2.05) is 31.2 Å². The van der Waals surface area contributed by atoms with Crippen LogP contribution in [0.4, 0.5) is 0 Å². The van der Waals surface area contributed by atoms with E-state index < -0.39 is 12.2 Å². The molecule has 0 spiro atoms. The quantitative estimate of drug-likeness (QED) is 0.645. The first-order chi connectivity index (χ1) is 9.99. The number of nitrogens with two attached hydrogens (primary N) is 1. The highest BCUT2D eigenvalue weighted by atomic mass is 16.3. The van der Waals surface area contributed by atoms with Crippen LogP contribution < -0.4 is 5.73 Å². The molecule has 0 aliphatic heterocycles. The average Bonchev–Trinajstić information content (AvgIpc) is 2.46. The molecule has 21 heavy (non-hydrogen) atoms. The molecule has 2 atom stereocenters. The molecule has 3 heteroatoms. The molecule has 0 radical (unpaired) electrons. The highest BCUT2D eigenvalue weighted by Crippen LogP contribution is 2.24. The summed E-state index contributed by atoms with van der Waals surface area (Å²) in [6, 6.07) is 5.96. The van der Waals surface area contributed by atoms with Crippen molar-refractivity contribution in [3.8, 4) is 0 Å². The third-order valence-electron chi connectivity index (χ3n) is 3.81. The first kappa shape index (κ1) is 17.9. The predicted octanol–water partition coefficient (Wildman–Crippen LogP) is 3.03. The minimum absolute atomic E-state index is 0.480. The number of aryl methyl sites for hydroxylation is 1. The largest absolute Gasteiger partial charge is 0.390 e. The van der Waals surface area contributed by atoms with Gasteiger partial charge in [-0.05, 0) is 56.3 Å². The molecule has 0 aromatic heterocycles. The van der Waals surface area contributed by atoms with Crippen molar-refractivity contribution in [1.82, 2.24) is 0 Å². The Morgan fingerprint density at radius 3 is 2.67 bits per heavy atom. The zero-order valence-corrected chi connectivity index (χ0v) is 13.5. The third-order valence-corrected chi connectivity index (χ3v) is 3.81. The number of benzene rings is 1. The van der Waals surface area contributed by atoms with Crippen LogP contribution in [0.5, 0.6) is 0 Å². The molecule has 0 fully saturated rings. The van der Waals surface area contributed by atoms with Gasteiger partial charge in [-0.2, -0.15) is 0 Å². The first-order valence-corrected chi connectivity index (χ1v) is 7.80. The van der Waals surface area contributed by atoms with Gasteiger partial charge >= 0.3 is 0 Å². The van der Waals surface area contributed by atoms with E-state index >= 15 is 0 Å². The SMILES string of the molecule is CCCC(C)=CCC(O)C(O)c1cc(CCN)ccc1C. The first-order valence-electron chi connectivity index (χ1n) is 7.80. The summed E-state index contributed by atoms with van der Waals surface area (Å²) in [6.45, 7) is 6.74. The van der Waals surface area contributed by atoms with Crippen molar-refractivity contribution < 1.29 is 10.2 Å². The van der Waals surface area contributed by atoms with Gasteiger partial charge in [-0.1, -0.05) is 43.2 Å². The van der Waals surface area contributed by atoms with Gasteiger partial charge in [0.2, 0.25) is 0 Å². The molecule has 0 heterocycles. The maximum absolute atomic E-state index is 10.4. The molecule has 1 aromatic carbocycles. The fourth-order valence-electron chi connectivity index (χ4n) is 2.49. The van der Waals surface area contributed by atoms with Gasteiger partial charge in [-0.25, -0.2) is 0 Å². The Labute approximate surface area is 128 Å². The molecule has 0 bridgehead atoms. The lowest BCUT2D eigenvalue weighted by Crippen LogP contribution is -2.19. The van der Waals surface area contributed by atoms with Crippen LogP contribution in [0.25, 0.3) is 0 Å². The number of rotatable bonds is 8. The predicted molar refractivity (Wildman–Crippen MR) is 88.2 cm³/mol. The molecule has 4 N–H and O–H groups in total. The van der Waals surface area contributed by atoms with E-state index in [1.54, 1.807) is 0 Å². The lowest BCUT2D eigenvalue weighted by atomic mass is 9.94. The van der Waals surface area contributed by atoms with Crippen molar-refractivity contribution in [3.63, 3.8) is 0 Å².